The molecule has 1 unspecified atom stereocenters. The van der Waals surface area contributed by atoms with Crippen LogP contribution in [0.4, 0.5) is 14.5 Å². The van der Waals surface area contributed by atoms with Gasteiger partial charge in [0.25, 0.3) is 0 Å². The minimum Gasteiger partial charge on any atom is -0.325 e. The molecule has 0 saturated carbocycles. The van der Waals surface area contributed by atoms with E-state index in [2.05, 4.69) is 21.2 Å². The smallest absolute Gasteiger partial charge is 0.325 e. The Kier molecular flexibility index (Phi) is 4.80. The van der Waals surface area contributed by atoms with Crippen LogP contribution in [0.25, 0.3) is 0 Å². The normalized spacial score (nSPS) is 13.4. The molecule has 18 heavy (non-hydrogen) atoms. The molecule has 0 aliphatic carbocycles. The van der Waals surface area contributed by atoms with Crippen molar-refractivity contribution in [2.75, 3.05) is 5.32 Å². The molecule has 1 N–H and O–H groups in total. The van der Waals surface area contributed by atoms with Gasteiger partial charge in [0.05, 0.1) is 9.72 Å². The lowest BCUT2D eigenvalue weighted by Crippen LogP contribution is -2.20. The molecule has 1 rings (SSSR count). The van der Waals surface area contributed by atoms with E-state index in [-0.39, 0.29) is 5.91 Å². The van der Waals surface area contributed by atoms with Gasteiger partial charge in [-0.15, -0.1) is 0 Å². The summed E-state index contributed by atoms with van der Waals surface area (Å²) in [5.41, 5.74) is 0.333. The van der Waals surface area contributed by atoms with Crippen molar-refractivity contribution in [1.82, 2.24) is 0 Å². The van der Waals surface area contributed by atoms with Crippen molar-refractivity contribution in [2.24, 2.45) is 0 Å². The zero-order valence-corrected chi connectivity index (χ0v) is 11.6. The van der Waals surface area contributed by atoms with Gasteiger partial charge in [0, 0.05) is 5.69 Å². The molecule has 0 fully saturated rings. The Bertz CT molecular complexity index is 529. The number of carbonyl (C=O) groups excluding carboxylic acids is 1. The molecule has 0 aliphatic heterocycles. The molecule has 0 bridgehead atoms. The Morgan fingerprint density at radius 2 is 1.78 bits per heavy atom. The highest BCUT2D eigenvalue weighted by Gasteiger charge is 2.26. The quantitative estimate of drug-likeness (QED) is 0.855. The number of amides is 1. The first kappa shape index (κ1) is 15.0. The van der Waals surface area contributed by atoms with E-state index in [0.29, 0.717) is 5.69 Å². The maximum atomic E-state index is 12.3. The molecule has 4 nitrogen and oxygen atoms in total. The SMILES string of the molecule is CC(Br)C(=O)Nc1ccc(S(=O)(=O)C(F)F)cc1. The van der Waals surface area contributed by atoms with E-state index in [1.165, 1.54) is 12.1 Å². The Labute approximate surface area is 111 Å². The highest BCUT2D eigenvalue weighted by atomic mass is 79.9. The maximum Gasteiger partial charge on any atom is 0.341 e. The van der Waals surface area contributed by atoms with Crippen LogP contribution in [-0.4, -0.2) is 24.9 Å². The number of hydrogen-bond donors (Lipinski definition) is 1. The van der Waals surface area contributed by atoms with E-state index >= 15 is 0 Å². The second kappa shape index (κ2) is 5.75. The maximum absolute atomic E-state index is 12.3. The van der Waals surface area contributed by atoms with Crippen LogP contribution in [0.5, 0.6) is 0 Å². The molecular formula is C10H10BrF2NO3S. The Hall–Kier alpha value is -1.02. The number of nitrogens with one attached hydrogen (secondary N) is 1. The fourth-order valence-corrected chi connectivity index (χ4v) is 1.91. The van der Waals surface area contributed by atoms with Crippen LogP contribution < -0.4 is 5.32 Å². The van der Waals surface area contributed by atoms with Crippen molar-refractivity contribution in [1.29, 1.82) is 0 Å². The van der Waals surface area contributed by atoms with Crippen LogP contribution in [0.15, 0.2) is 29.2 Å². The molecule has 1 amide bonds. The molecule has 0 radical (unpaired) electrons. The molecule has 1 aromatic carbocycles. The first-order valence-electron chi connectivity index (χ1n) is 4.82. The molecule has 0 spiro atoms. The predicted octanol–water partition coefficient (Wildman–Crippen LogP) is 2.40. The molecule has 8 heteroatoms. The molecule has 0 aliphatic rings. The first-order valence-corrected chi connectivity index (χ1v) is 7.28. The van der Waals surface area contributed by atoms with Crippen molar-refractivity contribution in [3.63, 3.8) is 0 Å². The first-order chi connectivity index (χ1) is 8.25. The number of anilines is 1. The summed E-state index contributed by atoms with van der Waals surface area (Å²) in [5.74, 6) is -3.78. The van der Waals surface area contributed by atoms with Gasteiger partial charge in [0.2, 0.25) is 15.7 Å². The highest BCUT2D eigenvalue weighted by Crippen LogP contribution is 2.20. The number of carbonyl (C=O) groups is 1. The van der Waals surface area contributed by atoms with Gasteiger partial charge >= 0.3 is 5.76 Å². The van der Waals surface area contributed by atoms with E-state index in [9.17, 15) is 22.0 Å². The number of hydrogen-bond acceptors (Lipinski definition) is 3. The Morgan fingerprint density at radius 1 is 1.28 bits per heavy atom. The molecule has 0 aromatic heterocycles. The molecule has 0 saturated heterocycles. The van der Waals surface area contributed by atoms with Crippen molar-refractivity contribution in [2.45, 2.75) is 22.4 Å². The fourth-order valence-electron chi connectivity index (χ4n) is 1.07. The summed E-state index contributed by atoms with van der Waals surface area (Å²) in [6.07, 6.45) is 0. The summed E-state index contributed by atoms with van der Waals surface area (Å²) >= 11 is 3.06. The minimum absolute atomic E-state index is 0.320. The summed E-state index contributed by atoms with van der Waals surface area (Å²) in [5, 5.41) is 2.48. The number of alkyl halides is 3. The Morgan fingerprint density at radius 3 is 2.17 bits per heavy atom. The predicted molar refractivity (Wildman–Crippen MR) is 66.7 cm³/mol. The van der Waals surface area contributed by atoms with Crippen LogP contribution in [0.1, 0.15) is 6.92 Å². The van der Waals surface area contributed by atoms with Crippen LogP contribution in [0, 0.1) is 0 Å². The molecule has 1 aromatic rings. The van der Waals surface area contributed by atoms with Crippen LogP contribution >= 0.6 is 15.9 Å². The number of sulfone groups is 1. The summed E-state index contributed by atoms with van der Waals surface area (Å²) in [6.45, 7) is 1.62. The zero-order valence-electron chi connectivity index (χ0n) is 9.23. The largest absolute Gasteiger partial charge is 0.341 e. The van der Waals surface area contributed by atoms with E-state index in [1.54, 1.807) is 6.92 Å². The third kappa shape index (κ3) is 3.49. The van der Waals surface area contributed by atoms with Crippen LogP contribution in [0.2, 0.25) is 0 Å². The summed E-state index contributed by atoms with van der Waals surface area (Å²) in [4.78, 5) is 10.4. The standard InChI is InChI=1S/C10H10BrF2NO3S/c1-6(11)9(15)14-7-2-4-8(5-3-7)18(16,17)10(12)13/h2-6,10H,1H3,(H,14,15). The summed E-state index contributed by atoms with van der Waals surface area (Å²) < 4.78 is 46.8. The third-order valence-corrected chi connectivity index (χ3v) is 3.86. The van der Waals surface area contributed by atoms with Crippen LogP contribution in [-0.2, 0) is 14.6 Å². The van der Waals surface area contributed by atoms with Gasteiger partial charge in [-0.2, -0.15) is 8.78 Å². The highest BCUT2D eigenvalue weighted by molar-refractivity contribution is 9.10. The number of halogens is 3. The van der Waals surface area contributed by atoms with Gasteiger partial charge < -0.3 is 5.32 Å². The van der Waals surface area contributed by atoms with Gasteiger partial charge in [-0.3, -0.25) is 4.79 Å². The van der Waals surface area contributed by atoms with Crippen molar-refractivity contribution >= 4 is 37.4 Å². The number of benzene rings is 1. The molecule has 100 valence electrons. The van der Waals surface area contributed by atoms with Crippen molar-refractivity contribution in [3.05, 3.63) is 24.3 Å². The lowest BCUT2D eigenvalue weighted by molar-refractivity contribution is -0.115. The second-order valence-electron chi connectivity index (χ2n) is 3.44. The zero-order chi connectivity index (χ0) is 13.9. The van der Waals surface area contributed by atoms with Gasteiger partial charge in [-0.25, -0.2) is 8.42 Å². The molecule has 0 heterocycles. The molecular weight excluding hydrogens is 332 g/mol. The second-order valence-corrected chi connectivity index (χ2v) is 6.73. The van der Waals surface area contributed by atoms with E-state index in [4.69, 9.17) is 0 Å². The topological polar surface area (TPSA) is 63.2 Å². The summed E-state index contributed by atoms with van der Waals surface area (Å²) in [7, 11) is -4.59. The number of rotatable bonds is 4. The third-order valence-electron chi connectivity index (χ3n) is 2.05. The average molecular weight is 342 g/mol. The van der Waals surface area contributed by atoms with Gasteiger partial charge in [0.1, 0.15) is 0 Å². The van der Waals surface area contributed by atoms with E-state index in [0.717, 1.165) is 12.1 Å². The van der Waals surface area contributed by atoms with Crippen molar-refractivity contribution in [3.8, 4) is 0 Å². The monoisotopic (exact) mass is 341 g/mol. The van der Waals surface area contributed by atoms with Gasteiger partial charge in [0.15, 0.2) is 0 Å². The van der Waals surface area contributed by atoms with E-state index in [1.807, 2.05) is 0 Å². The summed E-state index contributed by atoms with van der Waals surface area (Å²) in [6, 6.07) is 4.55. The lowest BCUT2D eigenvalue weighted by atomic mass is 10.3. The average Bonchev–Trinajstić information content (AvgIpc) is 2.29. The lowest BCUT2D eigenvalue weighted by Gasteiger charge is -2.08. The fraction of sp³-hybridized carbons (Fsp3) is 0.300. The van der Waals surface area contributed by atoms with Gasteiger partial charge in [-0.05, 0) is 31.2 Å². The van der Waals surface area contributed by atoms with Gasteiger partial charge in [-0.1, -0.05) is 15.9 Å². The van der Waals surface area contributed by atoms with Crippen molar-refractivity contribution < 1.29 is 22.0 Å². The van der Waals surface area contributed by atoms with Crippen LogP contribution in [0.3, 0.4) is 0 Å². The van der Waals surface area contributed by atoms with E-state index < -0.39 is 25.3 Å². The molecule has 1 atom stereocenters. The minimum atomic E-state index is -4.59. The Balaban J connectivity index is 2.91.